The van der Waals surface area contributed by atoms with Crippen LogP contribution in [0.5, 0.6) is 0 Å². The lowest BCUT2D eigenvalue weighted by Gasteiger charge is -2.35. The SMILES string of the molecule is O=C(c1ccc(Cl)s1)N1CCN(CC(O)C2CC2)CC1. The third-order valence-electron chi connectivity index (χ3n) is 4.05. The number of halogens is 1. The molecule has 0 aromatic carbocycles. The molecule has 6 heteroatoms. The van der Waals surface area contributed by atoms with Crippen molar-refractivity contribution in [1.29, 1.82) is 0 Å². The van der Waals surface area contributed by atoms with Gasteiger partial charge in [-0.1, -0.05) is 11.6 Å². The van der Waals surface area contributed by atoms with E-state index in [0.717, 1.165) is 32.7 Å². The average Bonchev–Trinajstić information content (AvgIpc) is 3.21. The lowest BCUT2D eigenvalue weighted by atomic mass is 10.2. The van der Waals surface area contributed by atoms with Gasteiger partial charge in [-0.25, -0.2) is 0 Å². The number of rotatable bonds is 4. The molecule has 1 unspecified atom stereocenters. The zero-order chi connectivity index (χ0) is 14.1. The lowest BCUT2D eigenvalue weighted by Crippen LogP contribution is -2.50. The molecule has 1 aromatic heterocycles. The summed E-state index contributed by atoms with van der Waals surface area (Å²) in [4.78, 5) is 17.1. The van der Waals surface area contributed by atoms with Gasteiger partial charge in [-0.05, 0) is 30.9 Å². The highest BCUT2D eigenvalue weighted by atomic mass is 35.5. The molecule has 0 radical (unpaired) electrons. The standard InChI is InChI=1S/C14H19ClN2O2S/c15-13-4-3-12(20-13)14(19)17-7-5-16(6-8-17)9-11(18)10-1-2-10/h3-4,10-11,18H,1-2,5-9H2. The number of aliphatic hydroxyl groups is 1. The topological polar surface area (TPSA) is 43.8 Å². The largest absolute Gasteiger partial charge is 0.392 e. The Hall–Kier alpha value is -0.620. The second-order valence-electron chi connectivity index (χ2n) is 5.60. The van der Waals surface area contributed by atoms with E-state index in [-0.39, 0.29) is 12.0 Å². The molecular weight excluding hydrogens is 296 g/mol. The second-order valence-corrected chi connectivity index (χ2v) is 7.32. The predicted octanol–water partition coefficient (Wildman–Crippen LogP) is 1.93. The molecule has 1 aliphatic heterocycles. The van der Waals surface area contributed by atoms with Crippen LogP contribution >= 0.6 is 22.9 Å². The summed E-state index contributed by atoms with van der Waals surface area (Å²) in [5.74, 6) is 0.590. The minimum absolute atomic E-state index is 0.0734. The number of nitrogens with zero attached hydrogens (tertiary/aromatic N) is 2. The maximum absolute atomic E-state index is 12.3. The minimum atomic E-state index is -0.187. The summed E-state index contributed by atoms with van der Waals surface area (Å²) in [7, 11) is 0. The van der Waals surface area contributed by atoms with Crippen molar-refractivity contribution in [2.24, 2.45) is 5.92 Å². The number of carbonyl (C=O) groups excluding carboxylic acids is 1. The molecule has 4 nitrogen and oxygen atoms in total. The average molecular weight is 315 g/mol. The van der Waals surface area contributed by atoms with Gasteiger partial charge < -0.3 is 10.0 Å². The smallest absolute Gasteiger partial charge is 0.264 e. The first-order valence-corrected chi connectivity index (χ1v) is 8.28. The summed E-state index contributed by atoms with van der Waals surface area (Å²) >= 11 is 7.20. The maximum atomic E-state index is 12.3. The van der Waals surface area contributed by atoms with Crippen molar-refractivity contribution < 1.29 is 9.90 Å². The highest BCUT2D eigenvalue weighted by molar-refractivity contribution is 7.17. The quantitative estimate of drug-likeness (QED) is 0.923. The second kappa shape index (κ2) is 6.02. The summed E-state index contributed by atoms with van der Waals surface area (Å²) in [6.45, 7) is 3.89. The van der Waals surface area contributed by atoms with Crippen LogP contribution in [0.3, 0.4) is 0 Å². The van der Waals surface area contributed by atoms with E-state index in [4.69, 9.17) is 11.6 Å². The summed E-state index contributed by atoms with van der Waals surface area (Å²) in [6, 6.07) is 3.56. The van der Waals surface area contributed by atoms with E-state index < -0.39 is 0 Å². The van der Waals surface area contributed by atoms with Gasteiger partial charge in [0.05, 0.1) is 15.3 Å². The number of hydrogen-bond donors (Lipinski definition) is 1. The summed E-state index contributed by atoms with van der Waals surface area (Å²) in [6.07, 6.45) is 2.14. The zero-order valence-corrected chi connectivity index (χ0v) is 12.9. The Bertz CT molecular complexity index is 481. The number of carbonyl (C=O) groups is 1. The Morgan fingerprint density at radius 1 is 1.35 bits per heavy atom. The van der Waals surface area contributed by atoms with Crippen LogP contribution in [0.25, 0.3) is 0 Å². The van der Waals surface area contributed by atoms with Gasteiger partial charge in [-0.2, -0.15) is 0 Å². The van der Waals surface area contributed by atoms with Gasteiger partial charge >= 0.3 is 0 Å². The number of amides is 1. The fraction of sp³-hybridized carbons (Fsp3) is 0.643. The first kappa shape index (κ1) is 14.3. The van der Waals surface area contributed by atoms with Crippen LogP contribution in [0.4, 0.5) is 0 Å². The molecule has 1 aliphatic carbocycles. The highest BCUT2D eigenvalue weighted by Gasteiger charge is 2.32. The highest BCUT2D eigenvalue weighted by Crippen LogP contribution is 2.33. The third-order valence-corrected chi connectivity index (χ3v) is 5.27. The fourth-order valence-corrected chi connectivity index (χ4v) is 3.62. The molecule has 1 amide bonds. The van der Waals surface area contributed by atoms with E-state index in [1.54, 1.807) is 12.1 Å². The van der Waals surface area contributed by atoms with Gasteiger partial charge in [-0.15, -0.1) is 11.3 Å². The van der Waals surface area contributed by atoms with Crippen molar-refractivity contribution in [2.45, 2.75) is 18.9 Å². The molecule has 0 bridgehead atoms. The summed E-state index contributed by atoms with van der Waals surface area (Å²) in [5.41, 5.74) is 0. The molecule has 20 heavy (non-hydrogen) atoms. The molecule has 110 valence electrons. The minimum Gasteiger partial charge on any atom is -0.392 e. The Balaban J connectivity index is 1.49. The first-order valence-electron chi connectivity index (χ1n) is 7.08. The normalized spacial score (nSPS) is 22.0. The van der Waals surface area contributed by atoms with E-state index in [9.17, 15) is 9.90 Å². The molecule has 1 aromatic rings. The first-order chi connectivity index (χ1) is 9.63. The maximum Gasteiger partial charge on any atom is 0.264 e. The van der Waals surface area contributed by atoms with E-state index >= 15 is 0 Å². The number of hydrogen-bond acceptors (Lipinski definition) is 4. The number of piperazine rings is 1. The van der Waals surface area contributed by atoms with E-state index in [1.165, 1.54) is 24.2 Å². The van der Waals surface area contributed by atoms with Gasteiger partial charge in [0.25, 0.3) is 5.91 Å². The molecule has 2 heterocycles. The molecule has 0 spiro atoms. The number of aliphatic hydroxyl groups excluding tert-OH is 1. The van der Waals surface area contributed by atoms with Gasteiger partial charge in [0, 0.05) is 32.7 Å². The molecule has 1 atom stereocenters. The zero-order valence-electron chi connectivity index (χ0n) is 11.3. The monoisotopic (exact) mass is 314 g/mol. The number of thiophene rings is 1. The van der Waals surface area contributed by atoms with Crippen LogP contribution in [0.1, 0.15) is 22.5 Å². The fourth-order valence-electron chi connectivity index (χ4n) is 2.61. The van der Waals surface area contributed by atoms with Gasteiger partial charge in [0.2, 0.25) is 0 Å². The van der Waals surface area contributed by atoms with Crippen molar-refractivity contribution in [3.63, 3.8) is 0 Å². The van der Waals surface area contributed by atoms with Crippen molar-refractivity contribution >= 4 is 28.8 Å². The van der Waals surface area contributed by atoms with Crippen LogP contribution in [-0.4, -0.2) is 59.6 Å². The van der Waals surface area contributed by atoms with Crippen molar-refractivity contribution in [3.8, 4) is 0 Å². The van der Waals surface area contributed by atoms with Crippen LogP contribution in [0, 0.1) is 5.92 Å². The Morgan fingerprint density at radius 2 is 2.05 bits per heavy atom. The van der Waals surface area contributed by atoms with E-state index in [1.807, 2.05) is 4.90 Å². The molecular formula is C14H19ClN2O2S. The molecule has 1 saturated heterocycles. The lowest BCUT2D eigenvalue weighted by molar-refractivity contribution is 0.0492. The van der Waals surface area contributed by atoms with Gasteiger partial charge in [0.15, 0.2) is 0 Å². The predicted molar refractivity (Wildman–Crippen MR) is 80.4 cm³/mol. The summed E-state index contributed by atoms with van der Waals surface area (Å²) < 4.78 is 0.652. The Morgan fingerprint density at radius 3 is 2.60 bits per heavy atom. The van der Waals surface area contributed by atoms with Gasteiger partial charge in [0.1, 0.15) is 0 Å². The molecule has 3 rings (SSSR count). The molecule has 1 N–H and O–H groups in total. The van der Waals surface area contributed by atoms with Crippen molar-refractivity contribution in [3.05, 3.63) is 21.3 Å². The van der Waals surface area contributed by atoms with E-state index in [0.29, 0.717) is 15.1 Å². The molecule has 2 fully saturated rings. The van der Waals surface area contributed by atoms with Crippen LogP contribution in [-0.2, 0) is 0 Å². The van der Waals surface area contributed by atoms with Gasteiger partial charge in [-0.3, -0.25) is 9.69 Å². The summed E-state index contributed by atoms with van der Waals surface area (Å²) in [5, 5.41) is 9.96. The molecule has 2 aliphatic rings. The van der Waals surface area contributed by atoms with Crippen molar-refractivity contribution in [2.75, 3.05) is 32.7 Å². The third kappa shape index (κ3) is 3.34. The van der Waals surface area contributed by atoms with Crippen LogP contribution in [0.15, 0.2) is 12.1 Å². The van der Waals surface area contributed by atoms with E-state index in [2.05, 4.69) is 4.90 Å². The number of β-amino-alcohol motifs (C(OH)–C–C–N with tert-alkyl or cyclic N) is 1. The van der Waals surface area contributed by atoms with Crippen LogP contribution < -0.4 is 0 Å². The Labute approximate surface area is 127 Å². The van der Waals surface area contributed by atoms with Crippen molar-refractivity contribution in [1.82, 2.24) is 9.80 Å². The molecule has 1 saturated carbocycles. The van der Waals surface area contributed by atoms with Crippen LogP contribution in [0.2, 0.25) is 4.34 Å². The Kier molecular flexibility index (Phi) is 4.31.